The van der Waals surface area contributed by atoms with Crippen molar-refractivity contribution < 1.29 is 14.6 Å². The van der Waals surface area contributed by atoms with Crippen LogP contribution in [0.2, 0.25) is 0 Å². The molecule has 142 valence electrons. The first-order valence-corrected chi connectivity index (χ1v) is 8.03. The molecule has 0 bridgehead atoms. The maximum atomic E-state index is 11.2. The number of nitrogens with zero attached hydrogens (tertiary/aromatic N) is 4. The lowest BCUT2D eigenvalue weighted by Crippen LogP contribution is -2.01. The van der Waals surface area contributed by atoms with E-state index in [1.54, 1.807) is 7.11 Å². The highest BCUT2D eigenvalue weighted by molar-refractivity contribution is 5.80. The van der Waals surface area contributed by atoms with Crippen molar-refractivity contribution in [3.8, 4) is 11.4 Å². The maximum Gasteiger partial charge on any atom is 0.301 e. The molecule has 3 aromatic rings. The second-order valence-electron chi connectivity index (χ2n) is 5.59. The van der Waals surface area contributed by atoms with Crippen LogP contribution in [0, 0.1) is 20.2 Å². The summed E-state index contributed by atoms with van der Waals surface area (Å²) in [7, 11) is 1.59. The Morgan fingerprint density at radius 2 is 1.82 bits per heavy atom. The summed E-state index contributed by atoms with van der Waals surface area (Å²) in [5, 5.41) is 26.0. The van der Waals surface area contributed by atoms with E-state index in [0.29, 0.717) is 0 Å². The Morgan fingerprint density at radius 3 is 2.46 bits per heavy atom. The molecule has 3 rings (SSSR count). The van der Waals surface area contributed by atoms with Gasteiger partial charge in [-0.3, -0.25) is 25.7 Å². The number of hydrogen-bond acceptors (Lipinski definition) is 7. The third-order valence-electron chi connectivity index (χ3n) is 3.90. The average Bonchev–Trinajstić information content (AvgIpc) is 3.16. The summed E-state index contributed by atoms with van der Waals surface area (Å²) in [6.45, 7) is 0. The first kappa shape index (κ1) is 18.6. The molecule has 28 heavy (non-hydrogen) atoms. The first-order valence-electron chi connectivity index (χ1n) is 8.03. The van der Waals surface area contributed by atoms with E-state index in [1.807, 2.05) is 47.2 Å². The second kappa shape index (κ2) is 7.99. The molecule has 2 aromatic carbocycles. The van der Waals surface area contributed by atoms with Crippen LogP contribution in [0.15, 0.2) is 65.9 Å². The van der Waals surface area contributed by atoms with E-state index in [1.165, 1.54) is 18.3 Å². The first-order chi connectivity index (χ1) is 13.5. The zero-order valence-corrected chi connectivity index (χ0v) is 14.7. The molecule has 0 saturated carbocycles. The van der Waals surface area contributed by atoms with Crippen LogP contribution in [-0.4, -0.2) is 27.7 Å². The summed E-state index contributed by atoms with van der Waals surface area (Å²) in [5.41, 5.74) is 3.43. The summed E-state index contributed by atoms with van der Waals surface area (Å²) in [5.74, 6) is 0.735. The lowest BCUT2D eigenvalue weighted by atomic mass is 10.2. The number of methoxy groups -OCH3 is 1. The minimum Gasteiger partial charge on any atom is -0.497 e. The summed E-state index contributed by atoms with van der Waals surface area (Å²) < 4.78 is 7.01. The van der Waals surface area contributed by atoms with Gasteiger partial charge in [0.2, 0.25) is 0 Å². The maximum absolute atomic E-state index is 11.2. The fraction of sp³-hybridized carbons (Fsp3) is 0.0556. The van der Waals surface area contributed by atoms with Crippen LogP contribution in [0.1, 0.15) is 5.69 Å². The molecular weight excluding hydrogens is 366 g/mol. The lowest BCUT2D eigenvalue weighted by molar-refractivity contribution is -0.393. The van der Waals surface area contributed by atoms with Gasteiger partial charge in [-0.15, -0.1) is 0 Å². The summed E-state index contributed by atoms with van der Waals surface area (Å²) in [4.78, 5) is 20.6. The minimum atomic E-state index is -0.703. The van der Waals surface area contributed by atoms with Gasteiger partial charge in [0.25, 0.3) is 5.69 Å². The van der Waals surface area contributed by atoms with Gasteiger partial charge in [0.1, 0.15) is 11.4 Å². The van der Waals surface area contributed by atoms with E-state index >= 15 is 0 Å². The molecule has 0 spiro atoms. The molecule has 1 aromatic heterocycles. The van der Waals surface area contributed by atoms with Gasteiger partial charge in [0.15, 0.2) is 0 Å². The van der Waals surface area contributed by atoms with Crippen molar-refractivity contribution in [2.75, 3.05) is 12.5 Å². The Labute approximate surface area is 159 Å². The van der Waals surface area contributed by atoms with Gasteiger partial charge in [-0.2, -0.15) is 5.10 Å². The minimum absolute atomic E-state index is 0.0504. The predicted molar refractivity (Wildman–Crippen MR) is 103 cm³/mol. The summed E-state index contributed by atoms with van der Waals surface area (Å²) >= 11 is 0. The fourth-order valence-corrected chi connectivity index (χ4v) is 2.52. The van der Waals surface area contributed by atoms with Gasteiger partial charge in [-0.25, -0.2) is 0 Å². The molecule has 0 atom stereocenters. The number of anilines is 1. The molecule has 10 nitrogen and oxygen atoms in total. The molecule has 1 heterocycles. The van der Waals surface area contributed by atoms with E-state index in [-0.39, 0.29) is 11.4 Å². The highest BCUT2D eigenvalue weighted by atomic mass is 16.6. The Balaban J connectivity index is 1.82. The number of hydrogen-bond donors (Lipinski definition) is 1. The molecular formula is C18H15N5O5. The molecule has 0 aliphatic rings. The second-order valence-corrected chi connectivity index (χ2v) is 5.59. The topological polar surface area (TPSA) is 125 Å². The fourth-order valence-electron chi connectivity index (χ4n) is 2.52. The Kier molecular flexibility index (Phi) is 5.30. The molecule has 0 saturated heterocycles. The van der Waals surface area contributed by atoms with Gasteiger partial charge in [0, 0.05) is 18.0 Å². The van der Waals surface area contributed by atoms with Crippen molar-refractivity contribution in [3.63, 3.8) is 0 Å². The van der Waals surface area contributed by atoms with Crippen LogP contribution in [0.4, 0.5) is 17.1 Å². The zero-order chi connectivity index (χ0) is 20.1. The molecule has 0 fully saturated rings. The number of nitrogens with one attached hydrogen (secondary N) is 1. The van der Waals surface area contributed by atoms with Crippen molar-refractivity contribution in [3.05, 3.63) is 86.7 Å². The van der Waals surface area contributed by atoms with Crippen LogP contribution >= 0.6 is 0 Å². The number of aromatic nitrogens is 1. The van der Waals surface area contributed by atoms with Crippen molar-refractivity contribution in [1.29, 1.82) is 0 Å². The lowest BCUT2D eigenvalue weighted by Gasteiger charge is -2.07. The van der Waals surface area contributed by atoms with Crippen LogP contribution < -0.4 is 10.2 Å². The molecule has 0 unspecified atom stereocenters. The third kappa shape index (κ3) is 3.96. The standard InChI is InChI=1S/C18H15N5O5/c1-28-16-7-4-13(5-8-16)21-10-2-3-15(21)12-19-20-17-9-6-14(22(24)25)11-18(17)23(26)27/h2-12,20H,1H3. The number of nitro benzene ring substituents is 2. The zero-order valence-electron chi connectivity index (χ0n) is 14.7. The van der Waals surface area contributed by atoms with Gasteiger partial charge < -0.3 is 9.30 Å². The van der Waals surface area contributed by atoms with Crippen molar-refractivity contribution in [1.82, 2.24) is 4.57 Å². The highest BCUT2D eigenvalue weighted by Crippen LogP contribution is 2.28. The summed E-state index contributed by atoms with van der Waals surface area (Å²) in [6.07, 6.45) is 3.34. The summed E-state index contributed by atoms with van der Waals surface area (Å²) in [6, 6.07) is 14.4. The highest BCUT2D eigenvalue weighted by Gasteiger charge is 2.19. The largest absolute Gasteiger partial charge is 0.497 e. The van der Waals surface area contributed by atoms with Crippen LogP contribution in [0.3, 0.4) is 0 Å². The SMILES string of the molecule is COc1ccc(-n2cccc2C=NNc2ccc([N+](=O)[O-])cc2[N+](=O)[O-])cc1. The number of non-ortho nitro benzene ring substituents is 1. The van der Waals surface area contributed by atoms with Gasteiger partial charge in [-0.1, -0.05) is 0 Å². The van der Waals surface area contributed by atoms with E-state index in [0.717, 1.165) is 23.2 Å². The van der Waals surface area contributed by atoms with Crippen LogP contribution in [0.25, 0.3) is 5.69 Å². The predicted octanol–water partition coefficient (Wildman–Crippen LogP) is 3.75. The van der Waals surface area contributed by atoms with E-state index in [4.69, 9.17) is 4.74 Å². The number of benzene rings is 2. The number of nitro groups is 2. The number of rotatable bonds is 7. The monoisotopic (exact) mass is 381 g/mol. The van der Waals surface area contributed by atoms with E-state index in [9.17, 15) is 20.2 Å². The Morgan fingerprint density at radius 1 is 1.07 bits per heavy atom. The smallest absolute Gasteiger partial charge is 0.301 e. The molecule has 0 aliphatic carbocycles. The molecule has 10 heteroatoms. The van der Waals surface area contributed by atoms with Crippen LogP contribution in [-0.2, 0) is 0 Å². The Hall–Kier alpha value is -4.21. The van der Waals surface area contributed by atoms with Crippen LogP contribution in [0.5, 0.6) is 5.75 Å². The van der Waals surface area contributed by atoms with E-state index in [2.05, 4.69) is 10.5 Å². The number of hydrazone groups is 1. The van der Waals surface area contributed by atoms with Gasteiger partial charge in [-0.05, 0) is 42.5 Å². The van der Waals surface area contributed by atoms with Crippen molar-refractivity contribution in [2.24, 2.45) is 5.10 Å². The molecule has 0 amide bonds. The molecule has 0 aliphatic heterocycles. The quantitative estimate of drug-likeness (QED) is 0.377. The third-order valence-corrected chi connectivity index (χ3v) is 3.90. The number of ether oxygens (including phenoxy) is 1. The molecule has 0 radical (unpaired) electrons. The van der Waals surface area contributed by atoms with E-state index < -0.39 is 15.5 Å². The average molecular weight is 381 g/mol. The van der Waals surface area contributed by atoms with Crippen molar-refractivity contribution in [2.45, 2.75) is 0 Å². The van der Waals surface area contributed by atoms with Gasteiger partial charge in [0.05, 0.1) is 34.9 Å². The van der Waals surface area contributed by atoms with Crippen molar-refractivity contribution >= 4 is 23.3 Å². The Bertz CT molecular complexity index is 1040. The van der Waals surface area contributed by atoms with Gasteiger partial charge >= 0.3 is 5.69 Å². The normalized spacial score (nSPS) is 10.8. The molecule has 1 N–H and O–H groups in total.